The number of nitrogens with one attached hydrogen (secondary N) is 3. The van der Waals surface area contributed by atoms with Crippen LogP contribution in [0.4, 0.5) is 16.2 Å². The molecule has 4 N–H and O–H groups in total. The SMILES string of the molecule is Cc1cc(C)c(NC(=O)Nc2cc(-c3ccc4c(c3)OCCO4)ccc2C(=O)N[C@H](C(=O)O)C2CCCCC2)c(C)c1. The van der Waals surface area contributed by atoms with Gasteiger partial charge in [0.25, 0.3) is 5.91 Å². The number of aliphatic carboxylic acids is 1. The van der Waals surface area contributed by atoms with Gasteiger partial charge in [-0.2, -0.15) is 0 Å². The monoisotopic (exact) mass is 571 g/mol. The van der Waals surface area contributed by atoms with Crippen LogP contribution in [0.2, 0.25) is 0 Å². The number of amides is 3. The summed E-state index contributed by atoms with van der Waals surface area (Å²) in [6, 6.07) is 13.1. The van der Waals surface area contributed by atoms with Crippen LogP contribution in [-0.4, -0.2) is 42.3 Å². The fourth-order valence-electron chi connectivity index (χ4n) is 5.96. The third kappa shape index (κ3) is 6.51. The molecule has 0 unspecified atom stereocenters. The number of carbonyl (C=O) groups excluding carboxylic acids is 2. The van der Waals surface area contributed by atoms with E-state index in [1.165, 1.54) is 0 Å². The summed E-state index contributed by atoms with van der Waals surface area (Å²) in [5.74, 6) is -0.468. The molecule has 2 aliphatic rings. The smallest absolute Gasteiger partial charge is 0.326 e. The Balaban J connectivity index is 1.46. The van der Waals surface area contributed by atoms with Crippen molar-refractivity contribution >= 4 is 29.3 Å². The molecule has 3 aromatic rings. The number of carbonyl (C=O) groups is 3. The standard InChI is InChI=1S/C33H37N3O6/c1-19-15-20(2)29(21(3)16-19)36-33(40)34-26-17-23(24-10-12-27-28(18-24)42-14-13-41-27)9-11-25(26)31(37)35-30(32(38)39)22-7-5-4-6-8-22/h9-12,15-18,22,30H,4-8,13-14H2,1-3H3,(H,35,37)(H,38,39)(H2,34,36,40)/t30-/m0/s1. The fraction of sp³-hybridized carbons (Fsp3) is 0.364. The zero-order valence-corrected chi connectivity index (χ0v) is 24.2. The second kappa shape index (κ2) is 12.5. The number of anilines is 2. The van der Waals surface area contributed by atoms with Gasteiger partial charge in [-0.05, 0) is 86.1 Å². The van der Waals surface area contributed by atoms with Crippen LogP contribution >= 0.6 is 0 Å². The Morgan fingerprint density at radius 1 is 0.810 bits per heavy atom. The fourth-order valence-corrected chi connectivity index (χ4v) is 5.96. The van der Waals surface area contributed by atoms with Crippen LogP contribution < -0.4 is 25.4 Å². The first-order chi connectivity index (χ1) is 20.2. The van der Waals surface area contributed by atoms with E-state index >= 15 is 0 Å². The van der Waals surface area contributed by atoms with E-state index in [0.29, 0.717) is 30.4 Å². The zero-order chi connectivity index (χ0) is 29.8. The summed E-state index contributed by atoms with van der Waals surface area (Å²) < 4.78 is 11.4. The Morgan fingerprint density at radius 2 is 1.45 bits per heavy atom. The third-order valence-corrected chi connectivity index (χ3v) is 7.98. The predicted molar refractivity (Wildman–Crippen MR) is 162 cm³/mol. The van der Waals surface area contributed by atoms with E-state index in [1.54, 1.807) is 18.2 Å². The molecule has 1 aliphatic carbocycles. The summed E-state index contributed by atoms with van der Waals surface area (Å²) in [6.45, 7) is 6.78. The van der Waals surface area contributed by atoms with Crippen molar-refractivity contribution in [1.82, 2.24) is 5.32 Å². The van der Waals surface area contributed by atoms with Crippen LogP contribution in [-0.2, 0) is 4.79 Å². The molecule has 0 spiro atoms. The highest BCUT2D eigenvalue weighted by Crippen LogP contribution is 2.36. The zero-order valence-electron chi connectivity index (χ0n) is 24.2. The summed E-state index contributed by atoms with van der Waals surface area (Å²) in [5.41, 5.74) is 5.60. The van der Waals surface area contributed by atoms with Crippen molar-refractivity contribution in [3.63, 3.8) is 0 Å². The molecule has 1 fully saturated rings. The minimum atomic E-state index is -1.05. The maximum atomic E-state index is 13.6. The quantitative estimate of drug-likeness (QED) is 0.258. The van der Waals surface area contributed by atoms with E-state index in [4.69, 9.17) is 9.47 Å². The van der Waals surface area contributed by atoms with E-state index in [9.17, 15) is 19.5 Å². The number of aryl methyl sites for hydroxylation is 3. The maximum absolute atomic E-state index is 13.6. The van der Waals surface area contributed by atoms with Gasteiger partial charge in [-0.15, -0.1) is 0 Å². The lowest BCUT2D eigenvalue weighted by atomic mass is 9.83. The van der Waals surface area contributed by atoms with Crippen LogP contribution in [0.1, 0.15) is 59.2 Å². The molecule has 0 radical (unpaired) electrons. The molecule has 1 heterocycles. The molecular formula is C33H37N3O6. The molecule has 0 aromatic heterocycles. The van der Waals surface area contributed by atoms with Gasteiger partial charge in [-0.25, -0.2) is 9.59 Å². The van der Waals surface area contributed by atoms with Crippen molar-refractivity contribution < 1.29 is 29.0 Å². The Kier molecular flexibility index (Phi) is 8.66. The van der Waals surface area contributed by atoms with Crippen LogP contribution in [0, 0.1) is 26.7 Å². The Morgan fingerprint density at radius 3 is 2.14 bits per heavy atom. The molecule has 42 heavy (non-hydrogen) atoms. The molecule has 0 saturated heterocycles. The first-order valence-electron chi connectivity index (χ1n) is 14.4. The number of urea groups is 1. The minimum Gasteiger partial charge on any atom is -0.486 e. The van der Waals surface area contributed by atoms with Gasteiger partial charge in [0, 0.05) is 5.69 Å². The molecule has 5 rings (SSSR count). The van der Waals surface area contributed by atoms with Gasteiger partial charge in [0.1, 0.15) is 19.3 Å². The number of ether oxygens (including phenoxy) is 2. The second-order valence-corrected chi connectivity index (χ2v) is 11.2. The van der Waals surface area contributed by atoms with E-state index in [2.05, 4.69) is 16.0 Å². The second-order valence-electron chi connectivity index (χ2n) is 11.2. The minimum absolute atomic E-state index is 0.135. The lowest BCUT2D eigenvalue weighted by Gasteiger charge is -2.28. The van der Waals surface area contributed by atoms with Crippen LogP contribution in [0.25, 0.3) is 11.1 Å². The summed E-state index contributed by atoms with van der Waals surface area (Å²) in [4.78, 5) is 39.0. The summed E-state index contributed by atoms with van der Waals surface area (Å²) in [6.07, 6.45) is 4.46. The molecule has 1 atom stereocenters. The highest BCUT2D eigenvalue weighted by atomic mass is 16.6. The average molecular weight is 572 g/mol. The maximum Gasteiger partial charge on any atom is 0.326 e. The molecule has 3 amide bonds. The van der Waals surface area contributed by atoms with Gasteiger partial charge >= 0.3 is 12.0 Å². The molecule has 0 bridgehead atoms. The number of benzene rings is 3. The van der Waals surface area contributed by atoms with Crippen molar-refractivity contribution in [1.29, 1.82) is 0 Å². The Labute approximate surface area is 245 Å². The van der Waals surface area contributed by atoms with Crippen molar-refractivity contribution in [2.45, 2.75) is 58.9 Å². The van der Waals surface area contributed by atoms with Crippen LogP contribution in [0.3, 0.4) is 0 Å². The van der Waals surface area contributed by atoms with Crippen LogP contribution in [0.15, 0.2) is 48.5 Å². The normalized spacial score (nSPS) is 15.4. The highest BCUT2D eigenvalue weighted by molar-refractivity contribution is 6.08. The average Bonchev–Trinajstić information content (AvgIpc) is 2.97. The number of hydrogen-bond donors (Lipinski definition) is 4. The van der Waals surface area contributed by atoms with Gasteiger partial charge in [-0.3, -0.25) is 4.79 Å². The largest absolute Gasteiger partial charge is 0.486 e. The summed E-state index contributed by atoms with van der Waals surface area (Å²) in [7, 11) is 0. The summed E-state index contributed by atoms with van der Waals surface area (Å²) >= 11 is 0. The third-order valence-electron chi connectivity index (χ3n) is 7.98. The molecule has 1 aliphatic heterocycles. The van der Waals surface area contributed by atoms with Gasteiger partial charge in [0.15, 0.2) is 11.5 Å². The van der Waals surface area contributed by atoms with E-state index in [0.717, 1.165) is 59.9 Å². The lowest BCUT2D eigenvalue weighted by molar-refractivity contribution is -0.141. The predicted octanol–water partition coefficient (Wildman–Crippen LogP) is 6.46. The Bertz CT molecular complexity index is 1490. The molecule has 1 saturated carbocycles. The highest BCUT2D eigenvalue weighted by Gasteiger charge is 2.31. The van der Waals surface area contributed by atoms with E-state index < -0.39 is 23.9 Å². The first-order valence-corrected chi connectivity index (χ1v) is 14.4. The lowest BCUT2D eigenvalue weighted by Crippen LogP contribution is -2.46. The van der Waals surface area contributed by atoms with Crippen molar-refractivity contribution in [2.75, 3.05) is 23.8 Å². The number of rotatable bonds is 7. The van der Waals surface area contributed by atoms with Gasteiger partial charge in [-0.1, -0.05) is 49.1 Å². The molecule has 3 aromatic carbocycles. The van der Waals surface area contributed by atoms with E-state index in [1.807, 2.05) is 51.1 Å². The number of fused-ring (bicyclic) bond motifs is 1. The topological polar surface area (TPSA) is 126 Å². The molecular weight excluding hydrogens is 534 g/mol. The van der Waals surface area contributed by atoms with Gasteiger partial charge in [0.2, 0.25) is 0 Å². The summed E-state index contributed by atoms with van der Waals surface area (Å²) in [5, 5.41) is 18.5. The molecule has 220 valence electrons. The number of hydrogen-bond acceptors (Lipinski definition) is 5. The number of carboxylic acid groups (broad SMARTS) is 1. The molecule has 9 nitrogen and oxygen atoms in total. The molecule has 9 heteroatoms. The van der Waals surface area contributed by atoms with Gasteiger partial charge < -0.3 is 30.5 Å². The Hall–Kier alpha value is -4.53. The first kappa shape index (κ1) is 29.0. The van der Waals surface area contributed by atoms with Crippen molar-refractivity contribution in [3.8, 4) is 22.6 Å². The van der Waals surface area contributed by atoms with Gasteiger partial charge in [0.05, 0.1) is 11.3 Å². The van der Waals surface area contributed by atoms with Crippen molar-refractivity contribution in [3.05, 3.63) is 70.8 Å². The van der Waals surface area contributed by atoms with Crippen LogP contribution in [0.5, 0.6) is 11.5 Å². The van der Waals surface area contributed by atoms with E-state index in [-0.39, 0.29) is 17.2 Å². The van der Waals surface area contributed by atoms with Crippen molar-refractivity contribution in [2.24, 2.45) is 5.92 Å². The number of carboxylic acids is 1.